The summed E-state index contributed by atoms with van der Waals surface area (Å²) in [7, 11) is 1.40. The molecule has 104 valence electrons. The molecule has 0 saturated carbocycles. The van der Waals surface area contributed by atoms with Gasteiger partial charge in [0.15, 0.2) is 0 Å². The van der Waals surface area contributed by atoms with Gasteiger partial charge in [-0.25, -0.2) is 4.79 Å². The Labute approximate surface area is 123 Å². The monoisotopic (exact) mass is 277 g/mol. The number of carbonyl (C=O) groups excluding carboxylic acids is 1. The molecule has 2 aromatic carbocycles. The Bertz CT molecular complexity index is 688. The number of esters is 1. The standard InChI is InChI=1S/C18H15NO2/c1-21-18(20)16-15(13-8-4-2-5-9-13)12-19-17(16)14-10-6-3-7-11-14/h2-12,19H,1H3. The molecule has 0 aliphatic heterocycles. The molecule has 0 bridgehead atoms. The highest BCUT2D eigenvalue weighted by atomic mass is 16.5. The third-order valence-electron chi connectivity index (χ3n) is 3.42. The fraction of sp³-hybridized carbons (Fsp3) is 0.0556. The molecule has 3 aromatic rings. The van der Waals surface area contributed by atoms with E-state index in [-0.39, 0.29) is 5.97 Å². The molecular weight excluding hydrogens is 262 g/mol. The first kappa shape index (κ1) is 13.2. The Hall–Kier alpha value is -2.81. The zero-order valence-electron chi connectivity index (χ0n) is 11.7. The molecule has 0 aliphatic rings. The van der Waals surface area contributed by atoms with Crippen LogP contribution in [-0.4, -0.2) is 18.1 Å². The predicted octanol–water partition coefficient (Wildman–Crippen LogP) is 4.14. The zero-order chi connectivity index (χ0) is 14.7. The van der Waals surface area contributed by atoms with Crippen LogP contribution < -0.4 is 0 Å². The van der Waals surface area contributed by atoms with Crippen molar-refractivity contribution in [2.45, 2.75) is 0 Å². The molecule has 0 radical (unpaired) electrons. The number of hydrogen-bond donors (Lipinski definition) is 1. The quantitative estimate of drug-likeness (QED) is 0.731. The molecule has 0 aliphatic carbocycles. The van der Waals surface area contributed by atoms with Gasteiger partial charge in [-0.15, -0.1) is 0 Å². The van der Waals surface area contributed by atoms with Crippen LogP contribution in [-0.2, 0) is 4.74 Å². The van der Waals surface area contributed by atoms with E-state index in [4.69, 9.17) is 4.74 Å². The number of H-pyrrole nitrogens is 1. The highest BCUT2D eigenvalue weighted by molar-refractivity contribution is 6.03. The van der Waals surface area contributed by atoms with E-state index in [9.17, 15) is 4.79 Å². The fourth-order valence-electron chi connectivity index (χ4n) is 2.42. The first-order chi connectivity index (χ1) is 10.3. The van der Waals surface area contributed by atoms with Crippen LogP contribution in [0.25, 0.3) is 22.4 Å². The maximum absolute atomic E-state index is 12.2. The highest BCUT2D eigenvalue weighted by Gasteiger charge is 2.21. The van der Waals surface area contributed by atoms with Gasteiger partial charge in [0.2, 0.25) is 0 Å². The Kier molecular flexibility index (Phi) is 3.56. The third-order valence-corrected chi connectivity index (χ3v) is 3.42. The number of nitrogens with one attached hydrogen (secondary N) is 1. The molecule has 0 spiro atoms. The van der Waals surface area contributed by atoms with Crippen LogP contribution in [0.2, 0.25) is 0 Å². The van der Waals surface area contributed by atoms with Crippen molar-refractivity contribution in [3.05, 3.63) is 72.4 Å². The average molecular weight is 277 g/mol. The van der Waals surface area contributed by atoms with Gasteiger partial charge in [-0.2, -0.15) is 0 Å². The largest absolute Gasteiger partial charge is 0.465 e. The van der Waals surface area contributed by atoms with Gasteiger partial charge < -0.3 is 9.72 Å². The number of ether oxygens (including phenoxy) is 1. The lowest BCUT2D eigenvalue weighted by Crippen LogP contribution is -2.03. The Balaban J connectivity index is 2.19. The topological polar surface area (TPSA) is 42.1 Å². The molecular formula is C18H15NO2. The lowest BCUT2D eigenvalue weighted by Gasteiger charge is -2.06. The molecule has 3 nitrogen and oxygen atoms in total. The maximum atomic E-state index is 12.2. The summed E-state index contributed by atoms with van der Waals surface area (Å²) in [5.74, 6) is -0.339. The average Bonchev–Trinajstić information content (AvgIpc) is 3.00. The molecule has 3 heteroatoms. The molecule has 1 heterocycles. The van der Waals surface area contributed by atoms with Gasteiger partial charge in [0, 0.05) is 11.8 Å². The molecule has 1 aromatic heterocycles. The van der Waals surface area contributed by atoms with Gasteiger partial charge >= 0.3 is 5.97 Å². The second kappa shape index (κ2) is 5.67. The minimum Gasteiger partial charge on any atom is -0.465 e. The summed E-state index contributed by atoms with van der Waals surface area (Å²) in [4.78, 5) is 15.4. The predicted molar refractivity (Wildman–Crippen MR) is 83.0 cm³/mol. The number of rotatable bonds is 3. The molecule has 1 N–H and O–H groups in total. The van der Waals surface area contributed by atoms with Crippen LogP contribution >= 0.6 is 0 Å². The van der Waals surface area contributed by atoms with Crippen molar-refractivity contribution in [2.75, 3.05) is 7.11 Å². The van der Waals surface area contributed by atoms with Crippen molar-refractivity contribution >= 4 is 5.97 Å². The summed E-state index contributed by atoms with van der Waals surface area (Å²) in [5.41, 5.74) is 4.13. The fourth-order valence-corrected chi connectivity index (χ4v) is 2.42. The summed E-state index contributed by atoms with van der Waals surface area (Å²) in [6, 6.07) is 19.6. The van der Waals surface area contributed by atoms with E-state index >= 15 is 0 Å². The van der Waals surface area contributed by atoms with Gasteiger partial charge in [-0.1, -0.05) is 60.7 Å². The Morgan fingerprint density at radius 3 is 2.05 bits per heavy atom. The lowest BCUT2D eigenvalue weighted by molar-refractivity contribution is 0.0602. The minimum atomic E-state index is -0.339. The van der Waals surface area contributed by atoms with E-state index < -0.39 is 0 Å². The first-order valence-corrected chi connectivity index (χ1v) is 6.72. The van der Waals surface area contributed by atoms with E-state index in [0.717, 1.165) is 22.4 Å². The number of hydrogen-bond acceptors (Lipinski definition) is 2. The van der Waals surface area contributed by atoms with Crippen LogP contribution in [0.3, 0.4) is 0 Å². The molecule has 0 saturated heterocycles. The number of benzene rings is 2. The van der Waals surface area contributed by atoms with Crippen LogP contribution in [0.1, 0.15) is 10.4 Å². The molecule has 21 heavy (non-hydrogen) atoms. The first-order valence-electron chi connectivity index (χ1n) is 6.72. The van der Waals surface area contributed by atoms with Gasteiger partial charge in [0.25, 0.3) is 0 Å². The number of aromatic nitrogens is 1. The van der Waals surface area contributed by atoms with Crippen LogP contribution in [0.15, 0.2) is 66.9 Å². The second-order valence-electron chi connectivity index (χ2n) is 4.68. The van der Waals surface area contributed by atoms with E-state index in [2.05, 4.69) is 4.98 Å². The van der Waals surface area contributed by atoms with Crippen molar-refractivity contribution in [1.29, 1.82) is 0 Å². The van der Waals surface area contributed by atoms with Gasteiger partial charge in [-0.05, 0) is 11.1 Å². The summed E-state index contributed by atoms with van der Waals surface area (Å²) >= 11 is 0. The number of aromatic amines is 1. The maximum Gasteiger partial charge on any atom is 0.340 e. The lowest BCUT2D eigenvalue weighted by atomic mass is 10.00. The number of methoxy groups -OCH3 is 1. The molecule has 0 atom stereocenters. The summed E-state index contributed by atoms with van der Waals surface area (Å²) in [6.45, 7) is 0. The highest BCUT2D eigenvalue weighted by Crippen LogP contribution is 2.32. The van der Waals surface area contributed by atoms with Gasteiger partial charge in [0.1, 0.15) is 0 Å². The minimum absolute atomic E-state index is 0.339. The van der Waals surface area contributed by atoms with Crippen molar-refractivity contribution in [3.63, 3.8) is 0 Å². The molecule has 3 rings (SSSR count). The second-order valence-corrected chi connectivity index (χ2v) is 4.68. The summed E-state index contributed by atoms with van der Waals surface area (Å²) in [5, 5.41) is 0. The Morgan fingerprint density at radius 2 is 1.48 bits per heavy atom. The van der Waals surface area contributed by atoms with Crippen molar-refractivity contribution in [2.24, 2.45) is 0 Å². The van der Waals surface area contributed by atoms with Crippen LogP contribution in [0, 0.1) is 0 Å². The summed E-state index contributed by atoms with van der Waals surface area (Å²) in [6.07, 6.45) is 1.85. The summed E-state index contributed by atoms with van der Waals surface area (Å²) < 4.78 is 4.96. The van der Waals surface area contributed by atoms with Crippen molar-refractivity contribution in [1.82, 2.24) is 4.98 Å². The van der Waals surface area contributed by atoms with Crippen molar-refractivity contribution < 1.29 is 9.53 Å². The normalized spacial score (nSPS) is 10.3. The molecule has 0 unspecified atom stereocenters. The number of carbonyl (C=O) groups is 1. The smallest absolute Gasteiger partial charge is 0.340 e. The van der Waals surface area contributed by atoms with Crippen molar-refractivity contribution in [3.8, 4) is 22.4 Å². The molecule has 0 fully saturated rings. The zero-order valence-corrected chi connectivity index (χ0v) is 11.7. The van der Waals surface area contributed by atoms with E-state index in [1.165, 1.54) is 7.11 Å². The SMILES string of the molecule is COC(=O)c1c(-c2ccccc2)c[nH]c1-c1ccccc1. The van der Waals surface area contributed by atoms with E-state index in [0.29, 0.717) is 5.56 Å². The third kappa shape index (κ3) is 2.46. The van der Waals surface area contributed by atoms with Crippen LogP contribution in [0.4, 0.5) is 0 Å². The van der Waals surface area contributed by atoms with Gasteiger partial charge in [0.05, 0.1) is 18.4 Å². The van der Waals surface area contributed by atoms with Crippen LogP contribution in [0.5, 0.6) is 0 Å². The van der Waals surface area contributed by atoms with E-state index in [1.54, 1.807) is 0 Å². The Morgan fingerprint density at radius 1 is 0.905 bits per heavy atom. The van der Waals surface area contributed by atoms with Gasteiger partial charge in [-0.3, -0.25) is 0 Å². The molecule has 0 amide bonds. The van der Waals surface area contributed by atoms with E-state index in [1.807, 2.05) is 66.9 Å².